The van der Waals surface area contributed by atoms with Gasteiger partial charge in [-0.1, -0.05) is 36.9 Å². The van der Waals surface area contributed by atoms with Crippen molar-refractivity contribution in [2.75, 3.05) is 6.61 Å². The first kappa shape index (κ1) is 14.8. The van der Waals surface area contributed by atoms with Gasteiger partial charge < -0.3 is 4.74 Å². The zero-order chi connectivity index (χ0) is 14.2. The van der Waals surface area contributed by atoms with Crippen molar-refractivity contribution in [3.63, 3.8) is 0 Å². The van der Waals surface area contributed by atoms with Crippen LogP contribution in [0.4, 0.5) is 0 Å². The van der Waals surface area contributed by atoms with Crippen LogP contribution < -0.4 is 0 Å². The van der Waals surface area contributed by atoms with E-state index in [0.717, 1.165) is 31.2 Å². The van der Waals surface area contributed by atoms with Gasteiger partial charge in [-0.15, -0.1) is 0 Å². The molecule has 0 aromatic heterocycles. The first-order chi connectivity index (χ1) is 9.75. The third-order valence-corrected chi connectivity index (χ3v) is 3.22. The minimum atomic E-state index is -0.518. The molecule has 1 aliphatic rings. The second kappa shape index (κ2) is 7.82. The first-order valence-corrected chi connectivity index (χ1v) is 6.96. The summed E-state index contributed by atoms with van der Waals surface area (Å²) in [6.07, 6.45) is 3.68. The van der Waals surface area contributed by atoms with E-state index in [4.69, 9.17) is 14.5 Å². The van der Waals surface area contributed by atoms with E-state index in [9.17, 15) is 4.79 Å². The Morgan fingerprint density at radius 3 is 2.80 bits per heavy atom. The van der Waals surface area contributed by atoms with Gasteiger partial charge in [0.2, 0.25) is 6.29 Å². The van der Waals surface area contributed by atoms with Crippen molar-refractivity contribution in [3.05, 3.63) is 48.0 Å². The fourth-order valence-electron chi connectivity index (χ4n) is 1.99. The molecule has 1 atom stereocenters. The molecule has 1 aromatic carbocycles. The Hall–Kier alpha value is -1.65. The van der Waals surface area contributed by atoms with Crippen LogP contribution in [0, 0.1) is 0 Å². The van der Waals surface area contributed by atoms with E-state index in [1.807, 2.05) is 30.3 Å². The van der Waals surface area contributed by atoms with Crippen LogP contribution >= 0.6 is 0 Å². The summed E-state index contributed by atoms with van der Waals surface area (Å²) in [5.41, 5.74) is 1.57. The Kier molecular flexibility index (Phi) is 5.77. The quantitative estimate of drug-likeness (QED) is 0.455. The third-order valence-electron chi connectivity index (χ3n) is 3.22. The monoisotopic (exact) mass is 276 g/mol. The molecule has 2 rings (SSSR count). The van der Waals surface area contributed by atoms with Gasteiger partial charge in [-0.3, -0.25) is 4.89 Å². The zero-order valence-corrected chi connectivity index (χ0v) is 11.5. The lowest BCUT2D eigenvalue weighted by Crippen LogP contribution is -2.24. The van der Waals surface area contributed by atoms with Gasteiger partial charge in [-0.25, -0.2) is 4.79 Å². The van der Waals surface area contributed by atoms with Crippen molar-refractivity contribution in [2.24, 2.45) is 0 Å². The van der Waals surface area contributed by atoms with Gasteiger partial charge in [0, 0.05) is 18.6 Å². The Balaban J connectivity index is 1.68. The van der Waals surface area contributed by atoms with Crippen molar-refractivity contribution in [1.82, 2.24) is 0 Å². The lowest BCUT2D eigenvalue weighted by Gasteiger charge is -2.20. The molecule has 108 valence electrons. The molecule has 0 bridgehead atoms. The highest BCUT2D eigenvalue weighted by molar-refractivity contribution is 5.87. The molecule has 0 saturated carbocycles. The molecule has 1 saturated heterocycles. The van der Waals surface area contributed by atoms with Crippen molar-refractivity contribution in [2.45, 2.75) is 38.4 Å². The number of carbonyl (C=O) groups excluding carboxylic acids is 1. The topological polar surface area (TPSA) is 44.8 Å². The molecule has 1 unspecified atom stereocenters. The highest BCUT2D eigenvalue weighted by atomic mass is 17.2. The number of benzene rings is 1. The Morgan fingerprint density at radius 1 is 1.30 bits per heavy atom. The minimum Gasteiger partial charge on any atom is -0.349 e. The molecule has 0 spiro atoms. The molecule has 0 N–H and O–H groups in total. The fraction of sp³-hybridized carbons (Fsp3) is 0.438. The standard InChI is InChI=1S/C16H20O4/c1-13(10-11-14-7-3-2-4-8-14)16(17)20-19-15-9-5-6-12-18-15/h2-4,7-8,15H,1,5-6,9-12H2. The van der Waals surface area contributed by atoms with Crippen LogP contribution in [0.15, 0.2) is 42.5 Å². The number of carbonyl (C=O) groups is 1. The molecule has 4 heteroatoms. The van der Waals surface area contributed by atoms with E-state index in [-0.39, 0.29) is 0 Å². The van der Waals surface area contributed by atoms with Crippen LogP contribution in [-0.2, 0) is 25.7 Å². The summed E-state index contributed by atoms with van der Waals surface area (Å²) in [6, 6.07) is 9.94. The maximum absolute atomic E-state index is 11.7. The summed E-state index contributed by atoms with van der Waals surface area (Å²) < 4.78 is 5.31. The van der Waals surface area contributed by atoms with Gasteiger partial charge in [0.15, 0.2) is 0 Å². The summed E-state index contributed by atoms with van der Waals surface area (Å²) in [5, 5.41) is 0. The molecule has 1 fully saturated rings. The van der Waals surface area contributed by atoms with E-state index in [1.165, 1.54) is 0 Å². The van der Waals surface area contributed by atoms with E-state index in [1.54, 1.807) is 0 Å². The van der Waals surface area contributed by atoms with Crippen LogP contribution in [0.1, 0.15) is 31.2 Å². The highest BCUT2D eigenvalue weighted by Crippen LogP contribution is 2.15. The number of rotatable bonds is 6. The molecule has 1 heterocycles. The molecule has 20 heavy (non-hydrogen) atoms. The van der Waals surface area contributed by atoms with Crippen LogP contribution in [-0.4, -0.2) is 18.9 Å². The molecule has 0 amide bonds. The van der Waals surface area contributed by atoms with E-state index < -0.39 is 12.3 Å². The lowest BCUT2D eigenvalue weighted by atomic mass is 10.1. The highest BCUT2D eigenvalue weighted by Gasteiger charge is 2.18. The predicted octanol–water partition coefficient (Wildman–Crippen LogP) is 3.18. The Morgan fingerprint density at radius 2 is 2.10 bits per heavy atom. The van der Waals surface area contributed by atoms with Crippen LogP contribution in [0.5, 0.6) is 0 Å². The second-order valence-electron chi connectivity index (χ2n) is 4.85. The summed E-state index contributed by atoms with van der Waals surface area (Å²) in [4.78, 5) is 21.5. The number of hydrogen-bond donors (Lipinski definition) is 0. The SMILES string of the molecule is C=C(CCc1ccccc1)C(=O)OOC1CCCCO1. The smallest absolute Gasteiger partial charge is 0.349 e. The minimum absolute atomic E-state index is 0.407. The van der Waals surface area contributed by atoms with Crippen molar-refractivity contribution < 1.29 is 19.3 Å². The molecule has 1 aliphatic heterocycles. The fourth-order valence-corrected chi connectivity index (χ4v) is 1.99. The maximum Gasteiger partial charge on any atom is 0.368 e. The molecule has 4 nitrogen and oxygen atoms in total. The molecule has 1 aromatic rings. The molecule has 0 radical (unpaired) electrons. The summed E-state index contributed by atoms with van der Waals surface area (Å²) in [5.74, 6) is -0.518. The van der Waals surface area contributed by atoms with Gasteiger partial charge in [0.1, 0.15) is 0 Å². The van der Waals surface area contributed by atoms with E-state index in [0.29, 0.717) is 18.6 Å². The molecule has 0 aliphatic carbocycles. The van der Waals surface area contributed by atoms with Gasteiger partial charge >= 0.3 is 5.97 Å². The van der Waals surface area contributed by atoms with E-state index >= 15 is 0 Å². The van der Waals surface area contributed by atoms with Gasteiger partial charge in [-0.2, -0.15) is 4.89 Å². The lowest BCUT2D eigenvalue weighted by molar-refractivity contribution is -0.356. The van der Waals surface area contributed by atoms with E-state index in [2.05, 4.69) is 6.58 Å². The number of hydrogen-bond acceptors (Lipinski definition) is 4. The average Bonchev–Trinajstić information content (AvgIpc) is 2.52. The Labute approximate surface area is 119 Å². The van der Waals surface area contributed by atoms with Crippen molar-refractivity contribution in [1.29, 1.82) is 0 Å². The number of ether oxygens (including phenoxy) is 1. The van der Waals surface area contributed by atoms with Crippen LogP contribution in [0.3, 0.4) is 0 Å². The summed E-state index contributed by atoms with van der Waals surface area (Å²) in [7, 11) is 0. The normalized spacial score (nSPS) is 18.5. The predicted molar refractivity (Wildman–Crippen MR) is 74.7 cm³/mol. The summed E-state index contributed by atoms with van der Waals surface area (Å²) in [6.45, 7) is 4.39. The average molecular weight is 276 g/mol. The first-order valence-electron chi connectivity index (χ1n) is 6.96. The second-order valence-corrected chi connectivity index (χ2v) is 4.85. The maximum atomic E-state index is 11.7. The summed E-state index contributed by atoms with van der Waals surface area (Å²) >= 11 is 0. The van der Waals surface area contributed by atoms with Gasteiger partial charge in [-0.05, 0) is 31.2 Å². The Bertz CT molecular complexity index is 435. The van der Waals surface area contributed by atoms with Crippen molar-refractivity contribution in [3.8, 4) is 0 Å². The van der Waals surface area contributed by atoms with Crippen LogP contribution in [0.2, 0.25) is 0 Å². The van der Waals surface area contributed by atoms with Gasteiger partial charge in [0.05, 0.1) is 0 Å². The van der Waals surface area contributed by atoms with Crippen molar-refractivity contribution >= 4 is 5.97 Å². The van der Waals surface area contributed by atoms with Crippen LogP contribution in [0.25, 0.3) is 0 Å². The third kappa shape index (κ3) is 4.79. The molecular weight excluding hydrogens is 256 g/mol. The molecular formula is C16H20O4. The van der Waals surface area contributed by atoms with Gasteiger partial charge in [0.25, 0.3) is 0 Å². The largest absolute Gasteiger partial charge is 0.368 e. The zero-order valence-electron chi connectivity index (χ0n) is 11.5. The number of aryl methyl sites for hydroxylation is 1.